The number of hydrogen-bond acceptors (Lipinski definition) is 3. The zero-order valence-corrected chi connectivity index (χ0v) is 16.0. The third-order valence-electron chi connectivity index (χ3n) is 5.86. The lowest BCUT2D eigenvalue weighted by Gasteiger charge is -2.19. The molecular weight excluding hydrogens is 328 g/mol. The minimum Gasteiger partial charge on any atom is -0.302 e. The molecule has 0 saturated heterocycles. The van der Waals surface area contributed by atoms with Crippen LogP contribution in [-0.2, 0) is 10.2 Å². The minimum absolute atomic E-state index is 0.153. The molecule has 3 atom stereocenters. The van der Waals surface area contributed by atoms with Crippen molar-refractivity contribution in [3.8, 4) is 11.3 Å². The van der Waals surface area contributed by atoms with Crippen molar-refractivity contribution in [3.05, 3.63) is 35.2 Å². The van der Waals surface area contributed by atoms with Crippen LogP contribution >= 0.6 is 11.3 Å². The molecule has 2 aliphatic carbocycles. The van der Waals surface area contributed by atoms with E-state index in [1.54, 1.807) is 0 Å². The first-order valence-electron chi connectivity index (χ1n) is 9.27. The van der Waals surface area contributed by atoms with Crippen molar-refractivity contribution in [2.75, 3.05) is 5.32 Å². The van der Waals surface area contributed by atoms with Crippen LogP contribution in [0.1, 0.15) is 52.0 Å². The van der Waals surface area contributed by atoms with E-state index < -0.39 is 0 Å². The van der Waals surface area contributed by atoms with Gasteiger partial charge in [0, 0.05) is 16.9 Å². The van der Waals surface area contributed by atoms with Gasteiger partial charge in [0.1, 0.15) is 0 Å². The zero-order chi connectivity index (χ0) is 17.6. The topological polar surface area (TPSA) is 42.0 Å². The summed E-state index contributed by atoms with van der Waals surface area (Å²) in [4.78, 5) is 17.2. The monoisotopic (exact) mass is 354 g/mol. The van der Waals surface area contributed by atoms with E-state index in [0.29, 0.717) is 5.92 Å². The van der Waals surface area contributed by atoms with Crippen molar-refractivity contribution in [1.82, 2.24) is 4.98 Å². The summed E-state index contributed by atoms with van der Waals surface area (Å²) in [5.41, 5.74) is 3.51. The van der Waals surface area contributed by atoms with Crippen LogP contribution in [0, 0.1) is 17.8 Å². The van der Waals surface area contributed by atoms with Gasteiger partial charge in [0.25, 0.3) is 0 Å². The Balaban J connectivity index is 1.44. The molecule has 3 unspecified atom stereocenters. The molecule has 25 heavy (non-hydrogen) atoms. The minimum atomic E-state index is 0.153. The van der Waals surface area contributed by atoms with Crippen LogP contribution in [-0.4, -0.2) is 10.9 Å². The number of nitrogens with one attached hydrogen (secondary N) is 1. The fraction of sp³-hybridized carbons (Fsp3) is 0.524. The summed E-state index contributed by atoms with van der Waals surface area (Å²) in [6, 6.07) is 8.58. The van der Waals surface area contributed by atoms with Gasteiger partial charge < -0.3 is 5.32 Å². The molecule has 1 amide bonds. The highest BCUT2D eigenvalue weighted by molar-refractivity contribution is 7.14. The van der Waals surface area contributed by atoms with Crippen molar-refractivity contribution in [2.24, 2.45) is 17.8 Å². The Morgan fingerprint density at radius 1 is 1.16 bits per heavy atom. The normalized spacial score (nSPS) is 25.3. The van der Waals surface area contributed by atoms with Gasteiger partial charge in [-0.2, -0.15) is 0 Å². The van der Waals surface area contributed by atoms with Crippen LogP contribution in [0.5, 0.6) is 0 Å². The van der Waals surface area contributed by atoms with Crippen molar-refractivity contribution in [2.45, 2.75) is 51.9 Å². The zero-order valence-electron chi connectivity index (χ0n) is 15.2. The van der Waals surface area contributed by atoms with Crippen LogP contribution in [0.3, 0.4) is 0 Å². The van der Waals surface area contributed by atoms with Gasteiger partial charge in [0.2, 0.25) is 5.91 Å². The molecule has 2 bridgehead atoms. The molecule has 2 aliphatic rings. The van der Waals surface area contributed by atoms with Gasteiger partial charge in [-0.3, -0.25) is 4.79 Å². The highest BCUT2D eigenvalue weighted by Crippen LogP contribution is 2.48. The number of aromatic nitrogens is 1. The van der Waals surface area contributed by atoms with Crippen molar-refractivity contribution in [1.29, 1.82) is 0 Å². The third-order valence-corrected chi connectivity index (χ3v) is 6.61. The summed E-state index contributed by atoms with van der Waals surface area (Å²) in [5, 5.41) is 5.82. The number of thiazole rings is 1. The second kappa shape index (κ2) is 6.24. The number of nitrogens with zero attached hydrogens (tertiary/aromatic N) is 1. The Morgan fingerprint density at radius 2 is 1.92 bits per heavy atom. The Bertz CT molecular complexity index is 772. The Kier molecular flexibility index (Phi) is 4.19. The van der Waals surface area contributed by atoms with Crippen molar-refractivity contribution in [3.63, 3.8) is 0 Å². The fourth-order valence-corrected chi connectivity index (χ4v) is 5.09. The fourth-order valence-electron chi connectivity index (χ4n) is 4.37. The maximum absolute atomic E-state index is 12.6. The molecule has 1 aromatic heterocycles. The Hall–Kier alpha value is -1.68. The molecule has 1 aromatic carbocycles. The highest BCUT2D eigenvalue weighted by atomic mass is 32.1. The largest absolute Gasteiger partial charge is 0.302 e. The first-order chi connectivity index (χ1) is 11.9. The van der Waals surface area contributed by atoms with Crippen LogP contribution < -0.4 is 5.32 Å². The van der Waals surface area contributed by atoms with E-state index in [9.17, 15) is 4.79 Å². The van der Waals surface area contributed by atoms with E-state index in [0.717, 1.165) is 28.7 Å². The number of rotatable bonds is 3. The van der Waals surface area contributed by atoms with Gasteiger partial charge in [-0.25, -0.2) is 4.98 Å². The van der Waals surface area contributed by atoms with Gasteiger partial charge in [-0.15, -0.1) is 11.3 Å². The van der Waals surface area contributed by atoms with E-state index in [1.807, 2.05) is 5.38 Å². The summed E-state index contributed by atoms with van der Waals surface area (Å²) in [5.74, 6) is 1.77. The van der Waals surface area contributed by atoms with Gasteiger partial charge in [0.15, 0.2) is 5.13 Å². The lowest BCUT2D eigenvalue weighted by Crippen LogP contribution is -2.27. The first-order valence-corrected chi connectivity index (χ1v) is 10.2. The van der Waals surface area contributed by atoms with E-state index >= 15 is 0 Å². The number of carbonyl (C=O) groups excluding carboxylic acids is 1. The molecule has 1 heterocycles. The SMILES string of the molecule is CC(C)(C)c1ccc(-c2csc(NC(=O)C3CC4CCC3C4)n2)cc1. The molecule has 1 N–H and O–H groups in total. The van der Waals surface area contributed by atoms with Gasteiger partial charge in [-0.1, -0.05) is 51.5 Å². The van der Waals surface area contributed by atoms with Crippen molar-refractivity contribution >= 4 is 22.4 Å². The van der Waals surface area contributed by atoms with Gasteiger partial charge >= 0.3 is 0 Å². The quantitative estimate of drug-likeness (QED) is 0.793. The summed E-state index contributed by atoms with van der Waals surface area (Å²) >= 11 is 1.52. The smallest absolute Gasteiger partial charge is 0.229 e. The molecule has 4 rings (SSSR count). The van der Waals surface area contributed by atoms with E-state index in [4.69, 9.17) is 0 Å². The van der Waals surface area contributed by atoms with Crippen LogP contribution in [0.25, 0.3) is 11.3 Å². The highest BCUT2D eigenvalue weighted by Gasteiger charge is 2.43. The average molecular weight is 355 g/mol. The number of benzene rings is 1. The van der Waals surface area contributed by atoms with Gasteiger partial charge in [0.05, 0.1) is 5.69 Å². The standard InChI is InChI=1S/C21H26N2OS/c1-21(2,3)16-8-6-14(7-9-16)18-12-25-20(22-18)23-19(24)17-11-13-4-5-15(17)10-13/h6-9,12-13,15,17H,4-5,10-11H2,1-3H3,(H,22,23,24). The summed E-state index contributed by atoms with van der Waals surface area (Å²) in [6.45, 7) is 6.65. The third kappa shape index (κ3) is 3.37. The number of amides is 1. The maximum atomic E-state index is 12.6. The molecule has 0 aliphatic heterocycles. The predicted octanol–water partition coefficient (Wildman–Crippen LogP) is 5.48. The molecule has 4 heteroatoms. The average Bonchev–Trinajstić information content (AvgIpc) is 3.30. The van der Waals surface area contributed by atoms with E-state index in [-0.39, 0.29) is 17.2 Å². The summed E-state index contributed by atoms with van der Waals surface area (Å²) in [6.07, 6.45) is 4.87. The van der Waals surface area contributed by atoms with Crippen LogP contribution in [0.4, 0.5) is 5.13 Å². The number of hydrogen-bond donors (Lipinski definition) is 1. The van der Waals surface area contributed by atoms with Crippen molar-refractivity contribution < 1.29 is 4.79 Å². The molecule has 0 spiro atoms. The van der Waals surface area contributed by atoms with E-state index in [2.05, 4.69) is 55.3 Å². The van der Waals surface area contributed by atoms with Gasteiger partial charge in [-0.05, 0) is 42.1 Å². The Labute approximate surface area is 153 Å². The lowest BCUT2D eigenvalue weighted by atomic mass is 9.86. The van der Waals surface area contributed by atoms with E-state index in [1.165, 1.54) is 36.2 Å². The lowest BCUT2D eigenvalue weighted by molar-refractivity contribution is -0.121. The molecule has 3 nitrogen and oxygen atoms in total. The van der Waals surface area contributed by atoms with Crippen LogP contribution in [0.2, 0.25) is 0 Å². The second-order valence-electron chi connectivity index (χ2n) is 8.64. The summed E-state index contributed by atoms with van der Waals surface area (Å²) in [7, 11) is 0. The number of carbonyl (C=O) groups is 1. The number of fused-ring (bicyclic) bond motifs is 2. The first kappa shape index (κ1) is 16.8. The molecule has 2 aromatic rings. The molecule has 2 saturated carbocycles. The molecule has 2 fully saturated rings. The predicted molar refractivity (Wildman–Crippen MR) is 104 cm³/mol. The number of anilines is 1. The molecule has 0 radical (unpaired) electrons. The Morgan fingerprint density at radius 3 is 2.52 bits per heavy atom. The second-order valence-corrected chi connectivity index (χ2v) is 9.49. The summed E-state index contributed by atoms with van der Waals surface area (Å²) < 4.78 is 0. The van der Waals surface area contributed by atoms with Crippen LogP contribution in [0.15, 0.2) is 29.6 Å². The molecule has 132 valence electrons. The molecular formula is C21H26N2OS. The maximum Gasteiger partial charge on any atom is 0.229 e.